The SMILES string of the molecule is Cc1ccc(N(c2ccccc2)c2cc3c(c4ccccc24)-c2ccc4c(-c5cccc(N(c6cccc(C)c6)c6cc7c(c8ccccc68)-c6ccc8c(-c9cccc(N(c%10ccccc%10C)c%10cc%11c(c%12ccccc%10%12)-c%10ccc%12ccccc%12c%10C%11%10c%11ccccc%11-c%11ccccc%11%10)c9)cccc8c6C76c7ccccc7-c7ccccc76)c5)cccc4c2C32c3ccccc3-c3ccccc32)cc1. The number of fused-ring (bicyclic) bond motifs is 42. The number of para-hydroxylation sites is 2. The molecule has 141 heavy (non-hydrogen) atoms. The van der Waals surface area contributed by atoms with E-state index in [-0.39, 0.29) is 0 Å². The number of hydrogen-bond acceptors (Lipinski definition) is 3. The first-order valence-electron chi connectivity index (χ1n) is 49.5. The highest BCUT2D eigenvalue weighted by molar-refractivity contribution is 6.21. The third kappa shape index (κ3) is 10.7. The van der Waals surface area contributed by atoms with Crippen molar-refractivity contribution in [2.24, 2.45) is 0 Å². The fourth-order valence-electron chi connectivity index (χ4n) is 27.2. The Labute approximate surface area is 819 Å². The van der Waals surface area contributed by atoms with Crippen molar-refractivity contribution in [2.45, 2.75) is 37.0 Å². The molecule has 0 saturated carbocycles. The molecule has 656 valence electrons. The van der Waals surface area contributed by atoms with Crippen molar-refractivity contribution >= 4 is 116 Å². The molecule has 0 bridgehead atoms. The first-order valence-corrected chi connectivity index (χ1v) is 49.5. The van der Waals surface area contributed by atoms with Crippen LogP contribution < -0.4 is 14.7 Å². The monoisotopic (exact) mass is 1790 g/mol. The fraction of sp³-hybridized carbons (Fsp3) is 0.0435. The van der Waals surface area contributed by atoms with Gasteiger partial charge in [-0.15, -0.1) is 0 Å². The van der Waals surface area contributed by atoms with Gasteiger partial charge >= 0.3 is 0 Å². The lowest BCUT2D eigenvalue weighted by atomic mass is 9.69. The van der Waals surface area contributed by atoms with Crippen LogP contribution in [0.2, 0.25) is 0 Å². The average molecular weight is 1790 g/mol. The molecule has 24 aromatic carbocycles. The number of anilines is 9. The van der Waals surface area contributed by atoms with Crippen LogP contribution in [0, 0.1) is 20.8 Å². The molecule has 0 saturated heterocycles. The Balaban J connectivity index is 0.603. The summed E-state index contributed by atoms with van der Waals surface area (Å²) in [7, 11) is 0. The highest BCUT2D eigenvalue weighted by Gasteiger charge is 2.58. The average Bonchev–Trinajstić information content (AvgIpc) is 1.50. The van der Waals surface area contributed by atoms with E-state index in [0.29, 0.717) is 0 Å². The van der Waals surface area contributed by atoms with Gasteiger partial charge < -0.3 is 14.7 Å². The normalized spacial score (nSPS) is 13.7. The van der Waals surface area contributed by atoms with Crippen LogP contribution in [0.3, 0.4) is 0 Å². The Hall–Kier alpha value is -17.8. The molecule has 0 atom stereocenters. The van der Waals surface area contributed by atoms with Gasteiger partial charge in [0.15, 0.2) is 0 Å². The molecule has 0 unspecified atom stereocenters. The standard InChI is InChI=1S/C138H89N3/c1-84-68-71-91(72-69-84)139(90-39-5-4-6-40-90)127-81-123-131(109-54-13-10-51-106(109)127)115-76-74-98-95(57-32-59-112(98)134(115)137(123)119-63-24-18-47-102(119)103-48-19-25-64-120(103)137)88-37-30-42-93(79-88)140(92-41-29-34-85(2)78-92)128-82-124-132(110-55-14-11-52-107(110)128)116-77-75-99-96(58-33-60-113(99)135(116)138(124)121-65-26-20-49-104(121)105-50-21-27-66-122(105)138)89-38-31-43-94(80-89)141(126-67-28-7-35-86(126)3)129-83-125-130(111-56-15-12-53-108(111)129)114-73-70-87-36-8-9-44-97(87)133(114)136(125)117-61-22-16-45-100(117)101-46-17-23-62-118(101)136/h4-83H,1-3H3. The number of benzene rings is 24. The molecule has 0 fully saturated rings. The highest BCUT2D eigenvalue weighted by atomic mass is 15.2. The minimum Gasteiger partial charge on any atom is -0.310 e. The summed E-state index contributed by atoms with van der Waals surface area (Å²) in [6.45, 7) is 6.69. The first kappa shape index (κ1) is 79.5. The zero-order valence-corrected chi connectivity index (χ0v) is 78.0. The topological polar surface area (TPSA) is 9.72 Å². The summed E-state index contributed by atoms with van der Waals surface area (Å²) in [5.74, 6) is 0. The molecule has 3 heteroatoms. The lowest BCUT2D eigenvalue weighted by Gasteiger charge is -2.34. The van der Waals surface area contributed by atoms with Crippen LogP contribution in [0.15, 0.2) is 485 Å². The molecule has 3 spiro atoms. The van der Waals surface area contributed by atoms with E-state index in [4.69, 9.17) is 0 Å². The van der Waals surface area contributed by atoms with Crippen molar-refractivity contribution < 1.29 is 0 Å². The molecule has 0 amide bonds. The molecule has 6 aliphatic rings. The second kappa shape index (κ2) is 29.9. The van der Waals surface area contributed by atoms with Gasteiger partial charge in [0.1, 0.15) is 0 Å². The van der Waals surface area contributed by atoms with Crippen LogP contribution in [0.4, 0.5) is 51.2 Å². The smallest absolute Gasteiger partial charge is 0.0732 e. The van der Waals surface area contributed by atoms with Gasteiger partial charge in [0.05, 0.1) is 33.3 Å². The molecule has 0 heterocycles. The van der Waals surface area contributed by atoms with Gasteiger partial charge in [0.2, 0.25) is 0 Å². The number of nitrogens with zero attached hydrogens (tertiary/aromatic N) is 3. The molecule has 0 aliphatic heterocycles. The zero-order valence-electron chi connectivity index (χ0n) is 78.0. The van der Waals surface area contributed by atoms with E-state index in [0.717, 1.165) is 62.3 Å². The van der Waals surface area contributed by atoms with Crippen molar-refractivity contribution in [3.8, 4) is 89.0 Å². The van der Waals surface area contributed by atoms with Crippen molar-refractivity contribution in [1.82, 2.24) is 0 Å². The van der Waals surface area contributed by atoms with Crippen LogP contribution in [0.25, 0.3) is 154 Å². The largest absolute Gasteiger partial charge is 0.310 e. The first-order chi connectivity index (χ1) is 69.7. The van der Waals surface area contributed by atoms with E-state index < -0.39 is 16.2 Å². The quantitative estimate of drug-likeness (QED) is 0.128. The predicted molar refractivity (Wildman–Crippen MR) is 590 cm³/mol. The maximum absolute atomic E-state index is 2.63. The molecular weight excluding hydrogens is 1700 g/mol. The summed E-state index contributed by atoms with van der Waals surface area (Å²) in [6.07, 6.45) is 0. The van der Waals surface area contributed by atoms with Crippen molar-refractivity contribution in [3.05, 3.63) is 569 Å². The number of aryl methyl sites for hydroxylation is 3. The summed E-state index contributed by atoms with van der Waals surface area (Å²) in [6, 6.07) is 186. The van der Waals surface area contributed by atoms with Gasteiger partial charge in [-0.05, 0) is 321 Å². The second-order valence-electron chi connectivity index (χ2n) is 39.5. The van der Waals surface area contributed by atoms with E-state index >= 15 is 0 Å². The predicted octanol–water partition coefficient (Wildman–Crippen LogP) is 36.3. The lowest BCUT2D eigenvalue weighted by molar-refractivity contribution is 0.802. The van der Waals surface area contributed by atoms with E-state index in [1.54, 1.807) is 0 Å². The van der Waals surface area contributed by atoms with Crippen LogP contribution in [-0.4, -0.2) is 0 Å². The minimum atomic E-state index is -0.784. The molecule has 30 rings (SSSR count). The van der Waals surface area contributed by atoms with Crippen LogP contribution in [0.1, 0.15) is 83.5 Å². The molecule has 0 aromatic heterocycles. The Kier molecular flexibility index (Phi) is 16.8. The lowest BCUT2D eigenvalue weighted by Crippen LogP contribution is -2.26. The Morgan fingerprint density at radius 2 is 0.468 bits per heavy atom. The Bertz CT molecular complexity index is 9450. The maximum Gasteiger partial charge on any atom is 0.0732 e. The molecule has 3 nitrogen and oxygen atoms in total. The van der Waals surface area contributed by atoms with Crippen LogP contribution in [0.5, 0.6) is 0 Å². The third-order valence-electron chi connectivity index (χ3n) is 32.6. The Morgan fingerprint density at radius 3 is 0.908 bits per heavy atom. The van der Waals surface area contributed by atoms with Gasteiger partial charge in [-0.2, -0.15) is 0 Å². The number of hydrogen-bond donors (Lipinski definition) is 0. The van der Waals surface area contributed by atoms with Gasteiger partial charge in [0.25, 0.3) is 0 Å². The van der Waals surface area contributed by atoms with E-state index in [2.05, 4.69) is 521 Å². The number of rotatable bonds is 11. The molecule has 6 aliphatic carbocycles. The van der Waals surface area contributed by atoms with Gasteiger partial charge in [-0.25, -0.2) is 0 Å². The van der Waals surface area contributed by atoms with E-state index in [1.165, 1.54) is 226 Å². The maximum atomic E-state index is 2.63. The summed E-state index contributed by atoms with van der Waals surface area (Å²) < 4.78 is 0. The fourth-order valence-corrected chi connectivity index (χ4v) is 27.2. The summed E-state index contributed by atoms with van der Waals surface area (Å²) in [4.78, 5) is 7.66. The van der Waals surface area contributed by atoms with Crippen molar-refractivity contribution in [2.75, 3.05) is 14.7 Å². The van der Waals surface area contributed by atoms with Crippen LogP contribution >= 0.6 is 0 Å². The van der Waals surface area contributed by atoms with Gasteiger partial charge in [-0.1, -0.05) is 406 Å². The van der Waals surface area contributed by atoms with E-state index in [1.807, 2.05) is 0 Å². The van der Waals surface area contributed by atoms with Crippen molar-refractivity contribution in [3.63, 3.8) is 0 Å². The molecule has 0 N–H and O–H groups in total. The van der Waals surface area contributed by atoms with Crippen LogP contribution in [-0.2, 0) is 16.2 Å². The zero-order chi connectivity index (χ0) is 92.8. The molecule has 0 radical (unpaired) electrons. The van der Waals surface area contributed by atoms with Gasteiger partial charge in [0, 0.05) is 50.3 Å². The molecular formula is C138H89N3. The van der Waals surface area contributed by atoms with Crippen molar-refractivity contribution in [1.29, 1.82) is 0 Å². The van der Waals surface area contributed by atoms with Gasteiger partial charge in [-0.3, -0.25) is 0 Å². The Morgan fingerprint density at radius 1 is 0.156 bits per heavy atom. The second-order valence-corrected chi connectivity index (χ2v) is 39.5. The summed E-state index contributed by atoms with van der Waals surface area (Å²) in [5, 5.41) is 14.6. The molecule has 24 aromatic rings. The van der Waals surface area contributed by atoms with E-state index in [9.17, 15) is 0 Å². The minimum absolute atomic E-state index is 0.627. The summed E-state index contributed by atoms with van der Waals surface area (Å²) >= 11 is 0. The summed E-state index contributed by atoms with van der Waals surface area (Å²) in [5.41, 5.74) is 47.0. The highest BCUT2D eigenvalue weighted by Crippen LogP contribution is 2.71. The third-order valence-corrected chi connectivity index (χ3v) is 32.6.